The number of thiazole rings is 1. The standard InChI is InChI=1S/C23H20N6O3S/c1-27-13-24-21-20(27)22(31)29(23(32)28(21)2)12-18(30)25-15-9-7-14(8-10-15)11-19-26-16-5-3-4-6-17(16)33-19/h3-10,13H,11-12H2,1-2H3,(H,25,30). The number of amides is 1. The van der Waals surface area contributed by atoms with Gasteiger partial charge in [-0.1, -0.05) is 24.3 Å². The second-order valence-electron chi connectivity index (χ2n) is 7.76. The molecule has 0 spiro atoms. The molecule has 0 aliphatic heterocycles. The lowest BCUT2D eigenvalue weighted by molar-refractivity contribution is -0.116. The Labute approximate surface area is 191 Å². The number of hydrogen-bond acceptors (Lipinski definition) is 6. The molecule has 0 atom stereocenters. The van der Waals surface area contributed by atoms with Crippen LogP contribution in [0.1, 0.15) is 10.6 Å². The zero-order valence-electron chi connectivity index (χ0n) is 18.0. The summed E-state index contributed by atoms with van der Waals surface area (Å²) in [6.45, 7) is -0.389. The van der Waals surface area contributed by atoms with Crippen molar-refractivity contribution in [3.05, 3.63) is 86.3 Å². The minimum absolute atomic E-state index is 0.268. The predicted molar refractivity (Wildman–Crippen MR) is 128 cm³/mol. The largest absolute Gasteiger partial charge is 0.332 e. The second-order valence-corrected chi connectivity index (χ2v) is 8.87. The van der Waals surface area contributed by atoms with Gasteiger partial charge in [0.25, 0.3) is 5.56 Å². The fourth-order valence-electron chi connectivity index (χ4n) is 3.76. The molecule has 166 valence electrons. The third-order valence-corrected chi connectivity index (χ3v) is 6.47. The highest BCUT2D eigenvalue weighted by molar-refractivity contribution is 7.18. The van der Waals surface area contributed by atoms with Gasteiger partial charge >= 0.3 is 5.69 Å². The Kier molecular flexibility index (Phi) is 5.14. The lowest BCUT2D eigenvalue weighted by atomic mass is 10.1. The van der Waals surface area contributed by atoms with Crippen LogP contribution in [0.3, 0.4) is 0 Å². The van der Waals surface area contributed by atoms with Crippen LogP contribution in [-0.4, -0.2) is 29.6 Å². The van der Waals surface area contributed by atoms with Gasteiger partial charge in [0.1, 0.15) is 6.54 Å². The Balaban J connectivity index is 1.31. The van der Waals surface area contributed by atoms with E-state index in [9.17, 15) is 14.4 Å². The average molecular weight is 461 g/mol. The van der Waals surface area contributed by atoms with Crippen molar-refractivity contribution in [2.24, 2.45) is 14.1 Å². The number of rotatable bonds is 5. The minimum atomic E-state index is -0.590. The molecular formula is C23H20N6O3S. The molecule has 33 heavy (non-hydrogen) atoms. The van der Waals surface area contributed by atoms with Crippen LogP contribution in [0, 0.1) is 0 Å². The van der Waals surface area contributed by atoms with E-state index in [1.165, 1.54) is 22.5 Å². The number of para-hydroxylation sites is 1. The lowest BCUT2D eigenvalue weighted by Crippen LogP contribution is -2.42. The van der Waals surface area contributed by atoms with Crippen LogP contribution in [0.25, 0.3) is 21.4 Å². The molecule has 0 bridgehead atoms. The summed E-state index contributed by atoms with van der Waals surface area (Å²) < 4.78 is 4.87. The fourth-order valence-corrected chi connectivity index (χ4v) is 4.76. The molecule has 1 N–H and O–H groups in total. The second kappa shape index (κ2) is 8.14. The van der Waals surface area contributed by atoms with E-state index in [0.29, 0.717) is 12.1 Å². The molecule has 0 fully saturated rings. The highest BCUT2D eigenvalue weighted by Gasteiger charge is 2.17. The lowest BCUT2D eigenvalue weighted by Gasteiger charge is -2.10. The summed E-state index contributed by atoms with van der Waals surface area (Å²) in [4.78, 5) is 46.7. The number of nitrogens with zero attached hydrogens (tertiary/aromatic N) is 5. The number of nitrogens with one attached hydrogen (secondary N) is 1. The van der Waals surface area contributed by atoms with E-state index in [1.807, 2.05) is 30.3 Å². The van der Waals surface area contributed by atoms with Crippen LogP contribution in [0.15, 0.2) is 64.4 Å². The molecule has 10 heteroatoms. The van der Waals surface area contributed by atoms with Crippen molar-refractivity contribution in [3.8, 4) is 0 Å². The average Bonchev–Trinajstić information content (AvgIpc) is 3.39. The first-order chi connectivity index (χ1) is 15.9. The van der Waals surface area contributed by atoms with Gasteiger partial charge in [-0.15, -0.1) is 11.3 Å². The van der Waals surface area contributed by atoms with Crippen LogP contribution >= 0.6 is 11.3 Å². The zero-order chi connectivity index (χ0) is 23.1. The van der Waals surface area contributed by atoms with Crippen LogP contribution in [0.5, 0.6) is 0 Å². The number of carbonyl (C=O) groups excluding carboxylic acids is 1. The van der Waals surface area contributed by atoms with Crippen molar-refractivity contribution in [1.82, 2.24) is 23.7 Å². The van der Waals surface area contributed by atoms with E-state index < -0.39 is 17.2 Å². The molecule has 0 aliphatic rings. The molecular weight excluding hydrogens is 440 g/mol. The van der Waals surface area contributed by atoms with E-state index in [2.05, 4.69) is 21.4 Å². The fraction of sp³-hybridized carbons (Fsp3) is 0.174. The number of aromatic nitrogens is 5. The van der Waals surface area contributed by atoms with Gasteiger partial charge in [0.15, 0.2) is 11.2 Å². The monoisotopic (exact) mass is 460 g/mol. The molecule has 0 radical (unpaired) electrons. The van der Waals surface area contributed by atoms with E-state index in [0.717, 1.165) is 25.4 Å². The maximum atomic E-state index is 12.8. The van der Waals surface area contributed by atoms with Gasteiger partial charge < -0.3 is 9.88 Å². The molecule has 9 nitrogen and oxygen atoms in total. The van der Waals surface area contributed by atoms with Crippen molar-refractivity contribution in [2.75, 3.05) is 5.32 Å². The summed E-state index contributed by atoms with van der Waals surface area (Å²) in [5, 5.41) is 3.77. The molecule has 5 aromatic rings. The van der Waals surface area contributed by atoms with Gasteiger partial charge in [0.2, 0.25) is 5.91 Å². The number of carbonyl (C=O) groups is 1. The number of hydrogen-bond donors (Lipinski definition) is 1. The maximum Gasteiger partial charge on any atom is 0.332 e. The van der Waals surface area contributed by atoms with E-state index >= 15 is 0 Å². The van der Waals surface area contributed by atoms with Crippen molar-refractivity contribution in [3.63, 3.8) is 0 Å². The third-order valence-electron chi connectivity index (χ3n) is 5.43. The normalized spacial score (nSPS) is 11.3. The Morgan fingerprint density at radius 3 is 2.58 bits per heavy atom. The van der Waals surface area contributed by atoms with Gasteiger partial charge in [-0.25, -0.2) is 19.3 Å². The van der Waals surface area contributed by atoms with Crippen molar-refractivity contribution < 1.29 is 4.79 Å². The van der Waals surface area contributed by atoms with E-state index in [1.54, 1.807) is 30.5 Å². The smallest absolute Gasteiger partial charge is 0.328 e. The van der Waals surface area contributed by atoms with Crippen LogP contribution < -0.4 is 16.6 Å². The molecule has 0 aliphatic carbocycles. The first-order valence-corrected chi connectivity index (χ1v) is 11.1. The highest BCUT2D eigenvalue weighted by atomic mass is 32.1. The van der Waals surface area contributed by atoms with Crippen molar-refractivity contribution >= 4 is 44.3 Å². The summed E-state index contributed by atoms with van der Waals surface area (Å²) >= 11 is 1.66. The van der Waals surface area contributed by atoms with Gasteiger partial charge in [0.05, 0.1) is 21.6 Å². The molecule has 5 rings (SSSR count). The Bertz CT molecular complexity index is 1590. The number of benzene rings is 2. The summed E-state index contributed by atoms with van der Waals surface area (Å²) in [6.07, 6.45) is 2.16. The van der Waals surface area contributed by atoms with Crippen LogP contribution in [-0.2, 0) is 31.9 Å². The predicted octanol–water partition coefficient (Wildman–Crippen LogP) is 2.27. The minimum Gasteiger partial charge on any atom is -0.328 e. The Hall–Kier alpha value is -4.05. The quantitative estimate of drug-likeness (QED) is 0.433. The van der Waals surface area contributed by atoms with E-state index in [4.69, 9.17) is 0 Å². The van der Waals surface area contributed by atoms with Crippen LogP contribution in [0.4, 0.5) is 5.69 Å². The summed E-state index contributed by atoms with van der Waals surface area (Å²) in [7, 11) is 3.19. The molecule has 0 saturated carbocycles. The maximum absolute atomic E-state index is 12.8. The van der Waals surface area contributed by atoms with Crippen LogP contribution in [0.2, 0.25) is 0 Å². The molecule has 3 heterocycles. The topological polar surface area (TPSA) is 104 Å². The third kappa shape index (κ3) is 3.85. The number of imidazole rings is 1. The van der Waals surface area contributed by atoms with Crippen molar-refractivity contribution in [1.29, 1.82) is 0 Å². The van der Waals surface area contributed by atoms with Gasteiger partial charge in [-0.05, 0) is 29.8 Å². The molecule has 1 amide bonds. The zero-order valence-corrected chi connectivity index (χ0v) is 18.8. The molecule has 2 aromatic carbocycles. The SMILES string of the molecule is Cn1cnc2c1c(=O)n(CC(=O)Nc1ccc(Cc3nc4ccccc4s3)cc1)c(=O)n2C. The summed E-state index contributed by atoms with van der Waals surface area (Å²) in [5.74, 6) is -0.463. The summed E-state index contributed by atoms with van der Waals surface area (Å²) in [6, 6.07) is 15.5. The first kappa shape index (κ1) is 20.8. The molecule has 0 unspecified atom stereocenters. The van der Waals surface area contributed by atoms with Crippen molar-refractivity contribution in [2.45, 2.75) is 13.0 Å². The van der Waals surface area contributed by atoms with Gasteiger partial charge in [-0.2, -0.15) is 0 Å². The Morgan fingerprint density at radius 1 is 1.06 bits per heavy atom. The molecule has 3 aromatic heterocycles. The number of fused-ring (bicyclic) bond motifs is 2. The highest BCUT2D eigenvalue weighted by Crippen LogP contribution is 2.24. The first-order valence-electron chi connectivity index (χ1n) is 10.2. The molecule has 0 saturated heterocycles. The Morgan fingerprint density at radius 2 is 1.82 bits per heavy atom. The van der Waals surface area contributed by atoms with Gasteiger partial charge in [0, 0.05) is 26.2 Å². The van der Waals surface area contributed by atoms with E-state index in [-0.39, 0.29) is 17.7 Å². The van der Waals surface area contributed by atoms with Gasteiger partial charge in [-0.3, -0.25) is 14.2 Å². The number of anilines is 1. The number of aryl methyl sites for hydroxylation is 2. The summed E-state index contributed by atoms with van der Waals surface area (Å²) in [5.41, 5.74) is 2.06.